The van der Waals surface area contributed by atoms with E-state index in [0.717, 1.165) is 50.1 Å². The summed E-state index contributed by atoms with van der Waals surface area (Å²) in [7, 11) is 0. The molecule has 0 amide bonds. The Balaban J connectivity index is 0.979. The molecule has 13 rings (SSSR count). The minimum atomic E-state index is -0.116. The molecule has 0 bridgehead atoms. The number of anilines is 3. The van der Waals surface area contributed by atoms with Gasteiger partial charge in [-0.15, -0.1) is 0 Å². The molecule has 1 heterocycles. The first-order valence-electron chi connectivity index (χ1n) is 22.6. The van der Waals surface area contributed by atoms with Gasteiger partial charge in [0.25, 0.3) is 0 Å². The van der Waals surface area contributed by atoms with Crippen LogP contribution in [0.2, 0.25) is 0 Å². The van der Waals surface area contributed by atoms with Crippen molar-refractivity contribution in [1.82, 2.24) is 0 Å². The number of fused-ring (bicyclic) bond motifs is 10. The fourth-order valence-electron chi connectivity index (χ4n) is 11.0. The van der Waals surface area contributed by atoms with Crippen LogP contribution in [0.3, 0.4) is 0 Å². The molecule has 65 heavy (non-hydrogen) atoms. The maximum Gasteiger partial charge on any atom is 0.143 e. The van der Waals surface area contributed by atoms with Crippen LogP contribution >= 0.6 is 0 Å². The summed E-state index contributed by atoms with van der Waals surface area (Å²) in [6.45, 7) is 4.73. The molecule has 1 aliphatic carbocycles. The Morgan fingerprint density at radius 3 is 1.66 bits per heavy atom. The maximum absolute atomic E-state index is 6.85. The van der Waals surface area contributed by atoms with Crippen LogP contribution in [0, 0.1) is 0 Å². The predicted molar refractivity (Wildman–Crippen MR) is 275 cm³/mol. The van der Waals surface area contributed by atoms with Gasteiger partial charge in [-0.05, 0) is 125 Å². The Morgan fingerprint density at radius 1 is 0.354 bits per heavy atom. The number of nitrogens with zero attached hydrogens (tertiary/aromatic N) is 1. The summed E-state index contributed by atoms with van der Waals surface area (Å²) >= 11 is 0. The van der Waals surface area contributed by atoms with Crippen molar-refractivity contribution in [3.05, 3.63) is 236 Å². The summed E-state index contributed by atoms with van der Waals surface area (Å²) in [6.07, 6.45) is 0. The van der Waals surface area contributed by atoms with Gasteiger partial charge >= 0.3 is 0 Å². The molecule has 0 aliphatic heterocycles. The van der Waals surface area contributed by atoms with Gasteiger partial charge in [0.05, 0.1) is 5.69 Å². The molecule has 0 saturated heterocycles. The van der Waals surface area contributed by atoms with Crippen LogP contribution in [-0.2, 0) is 5.41 Å². The van der Waals surface area contributed by atoms with Crippen LogP contribution in [0.5, 0.6) is 0 Å². The molecular formula is C63H43NO. The lowest BCUT2D eigenvalue weighted by molar-refractivity contribution is 0.662. The second-order valence-electron chi connectivity index (χ2n) is 18.0. The van der Waals surface area contributed by atoms with E-state index in [0.29, 0.717) is 0 Å². The summed E-state index contributed by atoms with van der Waals surface area (Å²) in [4.78, 5) is 2.41. The lowest BCUT2D eigenvalue weighted by Crippen LogP contribution is -2.16. The maximum atomic E-state index is 6.85. The van der Waals surface area contributed by atoms with E-state index in [4.69, 9.17) is 4.42 Å². The van der Waals surface area contributed by atoms with E-state index in [9.17, 15) is 0 Å². The van der Waals surface area contributed by atoms with Crippen molar-refractivity contribution in [3.63, 3.8) is 0 Å². The number of benzene rings is 11. The molecule has 0 unspecified atom stereocenters. The van der Waals surface area contributed by atoms with Crippen LogP contribution in [0.4, 0.5) is 17.1 Å². The van der Waals surface area contributed by atoms with Gasteiger partial charge in [-0.2, -0.15) is 0 Å². The van der Waals surface area contributed by atoms with E-state index < -0.39 is 0 Å². The van der Waals surface area contributed by atoms with Crippen molar-refractivity contribution in [2.24, 2.45) is 0 Å². The third kappa shape index (κ3) is 5.81. The molecule has 306 valence electrons. The molecular weight excluding hydrogens is 787 g/mol. The molecule has 0 radical (unpaired) electrons. The monoisotopic (exact) mass is 829 g/mol. The Kier molecular flexibility index (Phi) is 8.29. The normalized spacial score (nSPS) is 12.9. The van der Waals surface area contributed by atoms with Gasteiger partial charge < -0.3 is 9.32 Å². The zero-order valence-corrected chi connectivity index (χ0v) is 36.2. The fourth-order valence-corrected chi connectivity index (χ4v) is 11.0. The largest absolute Gasteiger partial charge is 0.455 e. The van der Waals surface area contributed by atoms with Gasteiger partial charge in [0, 0.05) is 38.7 Å². The van der Waals surface area contributed by atoms with Crippen molar-refractivity contribution in [2.75, 3.05) is 4.90 Å². The minimum absolute atomic E-state index is 0.116. The van der Waals surface area contributed by atoms with Crippen LogP contribution in [0.1, 0.15) is 25.0 Å². The molecule has 11 aromatic carbocycles. The highest BCUT2D eigenvalue weighted by atomic mass is 16.3. The van der Waals surface area contributed by atoms with Gasteiger partial charge in [-0.25, -0.2) is 0 Å². The number of hydrogen-bond acceptors (Lipinski definition) is 2. The third-order valence-electron chi connectivity index (χ3n) is 14.0. The average molecular weight is 830 g/mol. The first kappa shape index (κ1) is 37.4. The molecule has 0 N–H and O–H groups in total. The van der Waals surface area contributed by atoms with Crippen LogP contribution < -0.4 is 4.90 Å². The van der Waals surface area contributed by atoms with Gasteiger partial charge in [-0.1, -0.05) is 190 Å². The summed E-state index contributed by atoms with van der Waals surface area (Å²) in [5.41, 5.74) is 17.4. The molecule has 2 nitrogen and oxygen atoms in total. The quantitative estimate of drug-likeness (QED) is 0.155. The minimum Gasteiger partial charge on any atom is -0.455 e. The number of para-hydroxylation sites is 2. The van der Waals surface area contributed by atoms with Gasteiger partial charge in [0.2, 0.25) is 0 Å². The Morgan fingerprint density at radius 2 is 0.892 bits per heavy atom. The van der Waals surface area contributed by atoms with E-state index in [1.54, 1.807) is 0 Å². The molecule has 1 aliphatic rings. The average Bonchev–Trinajstić information content (AvgIpc) is 3.84. The second kappa shape index (κ2) is 14.4. The van der Waals surface area contributed by atoms with E-state index in [2.05, 4.69) is 243 Å². The van der Waals surface area contributed by atoms with E-state index in [1.807, 2.05) is 0 Å². The topological polar surface area (TPSA) is 16.4 Å². The van der Waals surface area contributed by atoms with Crippen molar-refractivity contribution in [2.45, 2.75) is 19.3 Å². The van der Waals surface area contributed by atoms with Crippen molar-refractivity contribution < 1.29 is 4.42 Å². The molecule has 12 aromatic rings. The van der Waals surface area contributed by atoms with E-state index in [-0.39, 0.29) is 5.41 Å². The lowest BCUT2D eigenvalue weighted by atomic mass is 9.79. The summed E-state index contributed by atoms with van der Waals surface area (Å²) < 4.78 is 6.85. The van der Waals surface area contributed by atoms with Crippen molar-refractivity contribution in [1.29, 1.82) is 0 Å². The van der Waals surface area contributed by atoms with Gasteiger partial charge in [-0.3, -0.25) is 0 Å². The Bertz CT molecular complexity index is 3850. The highest BCUT2D eigenvalue weighted by Gasteiger charge is 2.37. The molecule has 2 heteroatoms. The number of furan rings is 1. The molecule has 0 saturated carbocycles. The van der Waals surface area contributed by atoms with Crippen LogP contribution in [0.25, 0.3) is 98.8 Å². The van der Waals surface area contributed by atoms with E-state index in [1.165, 1.54) is 76.8 Å². The third-order valence-corrected chi connectivity index (χ3v) is 14.0. The SMILES string of the molecule is CC1(C)c2ccccc2-c2cccc(-c3ccc(N(c4ccc(-c5cc6ccccc6c6ccccc56)cc4)c4ccccc4-c4cccc5c4oc4cc6ccccc6cc45)cc3)c21. The smallest absolute Gasteiger partial charge is 0.143 e. The fraction of sp³-hybridized carbons (Fsp3) is 0.0476. The number of hydrogen-bond donors (Lipinski definition) is 0. The highest BCUT2D eigenvalue weighted by molar-refractivity contribution is 6.15. The second-order valence-corrected chi connectivity index (χ2v) is 18.0. The lowest BCUT2D eigenvalue weighted by Gasteiger charge is -2.29. The zero-order chi connectivity index (χ0) is 43.2. The first-order valence-corrected chi connectivity index (χ1v) is 22.6. The van der Waals surface area contributed by atoms with Crippen molar-refractivity contribution >= 4 is 71.3 Å². The van der Waals surface area contributed by atoms with Crippen LogP contribution in [0.15, 0.2) is 229 Å². The highest BCUT2D eigenvalue weighted by Crippen LogP contribution is 2.53. The van der Waals surface area contributed by atoms with Gasteiger partial charge in [0.15, 0.2) is 0 Å². The molecule has 1 aromatic heterocycles. The Hall–Kier alpha value is -8.20. The molecule has 0 atom stereocenters. The van der Waals surface area contributed by atoms with Crippen LogP contribution in [-0.4, -0.2) is 0 Å². The predicted octanol–water partition coefficient (Wildman–Crippen LogP) is 17.8. The standard InChI is InChI=1S/C63H43NO/c1-63(2)58-27-11-9-21-51(58)53-24-13-23-48(61(53)63)40-29-33-45(34-30-40)64(46-35-31-41(32-36-46)56-38-44-17-5-6-18-47(44)49-19-7-8-20-50(49)56)59-28-12-10-22-52(59)54-25-14-26-55-57-37-42-15-3-4-16-43(42)39-60(57)65-62(54)55/h3-39H,1-2H3. The van der Waals surface area contributed by atoms with Gasteiger partial charge in [0.1, 0.15) is 11.2 Å². The summed E-state index contributed by atoms with van der Waals surface area (Å²) in [5.74, 6) is 0. The first-order chi connectivity index (χ1) is 32.0. The Labute approximate surface area is 378 Å². The molecule has 0 spiro atoms. The van der Waals surface area contributed by atoms with Crippen molar-refractivity contribution in [3.8, 4) is 44.5 Å². The summed E-state index contributed by atoms with van der Waals surface area (Å²) in [5, 5.41) is 9.65. The van der Waals surface area contributed by atoms with E-state index >= 15 is 0 Å². The molecule has 0 fully saturated rings. The number of rotatable bonds is 6. The summed E-state index contributed by atoms with van der Waals surface area (Å²) in [6, 6.07) is 82.1. The zero-order valence-electron chi connectivity index (χ0n) is 36.2.